The van der Waals surface area contributed by atoms with Gasteiger partial charge in [0.1, 0.15) is 5.75 Å². The van der Waals surface area contributed by atoms with Gasteiger partial charge in [0, 0.05) is 13.0 Å². The van der Waals surface area contributed by atoms with Gasteiger partial charge in [0.05, 0.1) is 17.5 Å². The highest BCUT2D eigenvalue weighted by atomic mass is 35.5. The average molecular weight is 376 g/mol. The average Bonchev–Trinajstić information content (AvgIpc) is 3.09. The van der Waals surface area contributed by atoms with Gasteiger partial charge in [-0.15, -0.1) is 12.4 Å². The van der Waals surface area contributed by atoms with E-state index in [0.29, 0.717) is 17.4 Å². The van der Waals surface area contributed by atoms with Crippen LogP contribution in [-0.4, -0.2) is 27.7 Å². The molecule has 1 aliphatic heterocycles. The van der Waals surface area contributed by atoms with Crippen LogP contribution in [0, 0.1) is 0 Å². The van der Waals surface area contributed by atoms with E-state index < -0.39 is 11.5 Å². The maximum absolute atomic E-state index is 11.3. The molecule has 0 spiro atoms. The Morgan fingerprint density at radius 3 is 2.77 bits per heavy atom. The summed E-state index contributed by atoms with van der Waals surface area (Å²) in [6.07, 6.45) is 1.03. The minimum Gasteiger partial charge on any atom is -0.493 e. The zero-order chi connectivity index (χ0) is 17.8. The van der Waals surface area contributed by atoms with Crippen molar-refractivity contribution in [2.45, 2.75) is 13.0 Å². The smallest absolute Gasteiger partial charge is 0.372 e. The lowest BCUT2D eigenvalue weighted by Gasteiger charge is -2.00. The molecule has 4 rings (SSSR count). The Morgan fingerprint density at radius 1 is 1.27 bits per heavy atom. The predicted octanol–water partition coefficient (Wildman–Crippen LogP) is 2.12. The number of hydrogen-bond acceptors (Lipinski definition) is 5. The number of ether oxygens (including phenoxy) is 1. The zero-order valence-electron chi connectivity index (χ0n) is 13.8. The number of H-pyrrole nitrogens is 1. The number of carboxylic acids is 1. The van der Waals surface area contributed by atoms with Crippen molar-refractivity contribution in [1.29, 1.82) is 0 Å². The second kappa shape index (κ2) is 8.46. The third-order valence-corrected chi connectivity index (χ3v) is 3.81. The molecule has 1 aromatic heterocycles. The summed E-state index contributed by atoms with van der Waals surface area (Å²) in [7, 11) is 0. The van der Waals surface area contributed by atoms with E-state index in [0.717, 1.165) is 18.8 Å². The van der Waals surface area contributed by atoms with E-state index in [9.17, 15) is 9.59 Å². The fourth-order valence-corrected chi connectivity index (χ4v) is 2.55. The Hall–Kier alpha value is -2.90. The van der Waals surface area contributed by atoms with Gasteiger partial charge in [-0.25, -0.2) is 9.78 Å². The number of carboxylic acid groups (broad SMARTS) is 1. The normalized spacial score (nSPS) is 11.6. The first-order chi connectivity index (χ1) is 12.1. The van der Waals surface area contributed by atoms with Crippen LogP contribution in [0.2, 0.25) is 0 Å². The second-order valence-corrected chi connectivity index (χ2v) is 5.48. The summed E-state index contributed by atoms with van der Waals surface area (Å²) in [5, 5.41) is 9.02. The summed E-state index contributed by atoms with van der Waals surface area (Å²) in [6, 6.07) is 12.7. The SMILES string of the molecule is Cl.NCc1ccc2c(c1)CCO2.O=C(O)c1nc2ccccc2c(=O)[nH]1. The van der Waals surface area contributed by atoms with Crippen molar-refractivity contribution in [3.8, 4) is 5.75 Å². The predicted molar refractivity (Wildman–Crippen MR) is 100 cm³/mol. The van der Waals surface area contributed by atoms with Crippen molar-refractivity contribution >= 4 is 29.3 Å². The van der Waals surface area contributed by atoms with E-state index in [1.165, 1.54) is 11.1 Å². The molecule has 0 amide bonds. The minimum atomic E-state index is -1.24. The quantitative estimate of drug-likeness (QED) is 0.631. The lowest BCUT2D eigenvalue weighted by molar-refractivity contribution is 0.0683. The number of aromatic amines is 1. The molecule has 0 fully saturated rings. The number of para-hydroxylation sites is 1. The standard InChI is InChI=1S/C9H6N2O3.C9H11NO.ClH/c12-8-5-3-1-2-4-6(5)10-7(11-8)9(13)14;10-6-7-1-2-9-8(5-7)3-4-11-9;/h1-4H,(H,13,14)(H,10,11,12);1-2,5H,3-4,6,10H2;1H. The molecule has 0 radical (unpaired) electrons. The van der Waals surface area contributed by atoms with Gasteiger partial charge in [0.25, 0.3) is 5.56 Å². The van der Waals surface area contributed by atoms with Gasteiger partial charge >= 0.3 is 5.97 Å². The molecule has 0 saturated heterocycles. The largest absolute Gasteiger partial charge is 0.493 e. The molecule has 7 nitrogen and oxygen atoms in total. The number of aromatic nitrogens is 2. The molecule has 8 heteroatoms. The Balaban J connectivity index is 0.000000184. The van der Waals surface area contributed by atoms with Crippen LogP contribution in [0.3, 0.4) is 0 Å². The number of nitrogens with one attached hydrogen (secondary N) is 1. The molecule has 0 unspecified atom stereocenters. The van der Waals surface area contributed by atoms with Gasteiger partial charge < -0.3 is 20.6 Å². The molecule has 0 atom stereocenters. The highest BCUT2D eigenvalue weighted by Crippen LogP contribution is 2.25. The Morgan fingerprint density at radius 2 is 2.04 bits per heavy atom. The molecule has 2 heterocycles. The number of carbonyl (C=O) groups is 1. The van der Waals surface area contributed by atoms with Gasteiger partial charge in [-0.2, -0.15) is 0 Å². The highest BCUT2D eigenvalue weighted by molar-refractivity contribution is 5.87. The molecule has 0 aliphatic carbocycles. The van der Waals surface area contributed by atoms with Crippen LogP contribution in [0.25, 0.3) is 10.9 Å². The molecule has 2 aromatic carbocycles. The van der Waals surface area contributed by atoms with Crippen molar-refractivity contribution in [3.05, 3.63) is 69.8 Å². The number of halogens is 1. The van der Waals surface area contributed by atoms with Crippen LogP contribution in [0.1, 0.15) is 21.7 Å². The molecular formula is C18H18ClN3O4. The van der Waals surface area contributed by atoms with E-state index in [1.54, 1.807) is 24.3 Å². The minimum absolute atomic E-state index is 0. The number of rotatable bonds is 2. The molecule has 4 N–H and O–H groups in total. The highest BCUT2D eigenvalue weighted by Gasteiger charge is 2.11. The van der Waals surface area contributed by atoms with Gasteiger partial charge in [-0.05, 0) is 29.3 Å². The second-order valence-electron chi connectivity index (χ2n) is 5.48. The third kappa shape index (κ3) is 4.19. The third-order valence-electron chi connectivity index (χ3n) is 3.81. The summed E-state index contributed by atoms with van der Waals surface area (Å²) >= 11 is 0. The van der Waals surface area contributed by atoms with Crippen LogP contribution in [0.5, 0.6) is 5.75 Å². The number of nitrogens with zero attached hydrogens (tertiary/aromatic N) is 1. The lowest BCUT2D eigenvalue weighted by atomic mass is 10.1. The summed E-state index contributed by atoms with van der Waals surface area (Å²) in [6.45, 7) is 1.44. The first-order valence-electron chi connectivity index (χ1n) is 7.75. The number of nitrogens with two attached hydrogens (primary N) is 1. The van der Waals surface area contributed by atoms with Crippen molar-refractivity contribution in [3.63, 3.8) is 0 Å². The lowest BCUT2D eigenvalue weighted by Crippen LogP contribution is -2.15. The van der Waals surface area contributed by atoms with Crippen LogP contribution < -0.4 is 16.0 Å². The van der Waals surface area contributed by atoms with Gasteiger partial charge in [0.2, 0.25) is 5.82 Å². The fourth-order valence-electron chi connectivity index (χ4n) is 2.55. The maximum Gasteiger partial charge on any atom is 0.372 e. The van der Waals surface area contributed by atoms with Crippen molar-refractivity contribution < 1.29 is 14.6 Å². The molecule has 136 valence electrons. The first-order valence-corrected chi connectivity index (χ1v) is 7.75. The van der Waals surface area contributed by atoms with E-state index in [1.807, 2.05) is 12.1 Å². The summed E-state index contributed by atoms with van der Waals surface area (Å²) < 4.78 is 5.36. The maximum atomic E-state index is 11.3. The monoisotopic (exact) mass is 375 g/mol. The molecule has 0 saturated carbocycles. The van der Waals surface area contributed by atoms with E-state index in [-0.39, 0.29) is 18.2 Å². The number of hydrogen-bond donors (Lipinski definition) is 3. The van der Waals surface area contributed by atoms with Gasteiger partial charge in [-0.1, -0.05) is 24.3 Å². The Labute approximate surface area is 155 Å². The Bertz CT molecular complexity index is 988. The fraction of sp³-hybridized carbons (Fsp3) is 0.167. The Kier molecular flexibility index (Phi) is 6.32. The summed E-state index contributed by atoms with van der Waals surface area (Å²) in [5.74, 6) is -0.552. The molecule has 3 aromatic rings. The van der Waals surface area contributed by atoms with E-state index >= 15 is 0 Å². The van der Waals surface area contributed by atoms with Crippen LogP contribution in [-0.2, 0) is 13.0 Å². The molecular weight excluding hydrogens is 358 g/mol. The van der Waals surface area contributed by atoms with Crippen molar-refractivity contribution in [2.75, 3.05) is 6.61 Å². The molecule has 26 heavy (non-hydrogen) atoms. The van der Waals surface area contributed by atoms with Crippen LogP contribution in [0.4, 0.5) is 0 Å². The number of benzene rings is 2. The molecule has 0 bridgehead atoms. The van der Waals surface area contributed by atoms with E-state index in [2.05, 4.69) is 16.0 Å². The van der Waals surface area contributed by atoms with Crippen LogP contribution >= 0.6 is 12.4 Å². The number of fused-ring (bicyclic) bond motifs is 2. The van der Waals surface area contributed by atoms with Crippen molar-refractivity contribution in [2.24, 2.45) is 5.73 Å². The zero-order valence-corrected chi connectivity index (χ0v) is 14.6. The molecule has 1 aliphatic rings. The summed E-state index contributed by atoms with van der Waals surface area (Å²) in [5.41, 5.74) is 7.94. The van der Waals surface area contributed by atoms with Crippen LogP contribution in [0.15, 0.2) is 47.3 Å². The first kappa shape index (κ1) is 19.4. The van der Waals surface area contributed by atoms with Gasteiger partial charge in [-0.3, -0.25) is 4.79 Å². The summed E-state index contributed by atoms with van der Waals surface area (Å²) in [4.78, 5) is 27.9. The topological polar surface area (TPSA) is 118 Å². The van der Waals surface area contributed by atoms with E-state index in [4.69, 9.17) is 15.6 Å². The van der Waals surface area contributed by atoms with Gasteiger partial charge in [0.15, 0.2) is 0 Å². The number of aromatic carboxylic acids is 1. The van der Waals surface area contributed by atoms with Crippen molar-refractivity contribution in [1.82, 2.24) is 9.97 Å².